The summed E-state index contributed by atoms with van der Waals surface area (Å²) in [6.07, 6.45) is 65.0. The molecule has 0 aromatic carbocycles. The quantitative estimate of drug-likeness (QED) is 0.0325. The van der Waals surface area contributed by atoms with Crippen LogP contribution in [0.25, 0.3) is 0 Å². The average molecular weight is 1250 g/mol. The summed E-state index contributed by atoms with van der Waals surface area (Å²) in [5, 5.41) is 48.5. The molecule has 0 bridgehead atoms. The molecule has 0 radical (unpaired) electrons. The van der Waals surface area contributed by atoms with Gasteiger partial charge in [-0.3, -0.25) is 29.2 Å². The van der Waals surface area contributed by atoms with E-state index in [9.17, 15) is 30.0 Å². The van der Waals surface area contributed by atoms with E-state index in [1.165, 1.54) is 283 Å². The van der Waals surface area contributed by atoms with Crippen molar-refractivity contribution in [2.24, 2.45) is 0 Å². The van der Waals surface area contributed by atoms with Crippen LogP contribution in [0.5, 0.6) is 0 Å². The highest BCUT2D eigenvalue weighted by molar-refractivity contribution is 5.76. The third kappa shape index (κ3) is 64.7. The summed E-state index contributed by atoms with van der Waals surface area (Å²) in [5.74, 6) is -0.00877. The van der Waals surface area contributed by atoms with Gasteiger partial charge in [-0.25, -0.2) is 0 Å². The predicted octanol–water partition coefficient (Wildman–Crippen LogP) is 17.5. The van der Waals surface area contributed by atoms with Crippen molar-refractivity contribution in [2.45, 2.75) is 374 Å². The summed E-state index contributed by atoms with van der Waals surface area (Å²) in [5.41, 5.74) is 0. The third-order valence-electron chi connectivity index (χ3n) is 18.8. The van der Waals surface area contributed by atoms with Gasteiger partial charge in [-0.1, -0.05) is 323 Å². The molecular weight excluding hydrogens is 1090 g/mol. The minimum Gasteiger partial charge on any atom is -0.395 e. The zero-order valence-electron chi connectivity index (χ0n) is 59.6. The second-order valence-corrected chi connectivity index (χ2v) is 27.4. The van der Waals surface area contributed by atoms with Crippen molar-refractivity contribution in [1.29, 1.82) is 0 Å². The zero-order valence-corrected chi connectivity index (χ0v) is 59.6. The number of unbranched alkanes of at least 4 members (excludes halogenated alkanes) is 44. The number of aliphatic hydroxyl groups is 4. The van der Waals surface area contributed by atoms with E-state index in [0.29, 0.717) is 78.3 Å². The Hall–Kier alpha value is -1.38. The second-order valence-electron chi connectivity index (χ2n) is 27.4. The second kappa shape index (κ2) is 71.5. The van der Waals surface area contributed by atoms with Gasteiger partial charge in [-0.15, -0.1) is 0 Å². The molecule has 2 atom stereocenters. The fourth-order valence-corrected chi connectivity index (χ4v) is 12.8. The highest BCUT2D eigenvalue weighted by Gasteiger charge is 2.17. The maximum atomic E-state index is 13.3. The number of carbonyl (C=O) groups is 2. The molecule has 0 aromatic rings. The van der Waals surface area contributed by atoms with Crippen LogP contribution in [0.15, 0.2) is 0 Å². The van der Waals surface area contributed by atoms with Gasteiger partial charge in [0.05, 0.1) is 25.4 Å². The van der Waals surface area contributed by atoms with Gasteiger partial charge in [-0.05, 0) is 38.8 Å². The fourth-order valence-electron chi connectivity index (χ4n) is 12.8. The van der Waals surface area contributed by atoms with E-state index in [4.69, 9.17) is 0 Å². The number of hydrogen-bond donors (Lipinski definition) is 6. The van der Waals surface area contributed by atoms with Crippen LogP contribution >= 0.6 is 0 Å². The molecule has 0 aliphatic rings. The van der Waals surface area contributed by atoms with Crippen LogP contribution in [0.4, 0.5) is 0 Å². The maximum Gasteiger partial charge on any atom is 0.221 e. The van der Waals surface area contributed by atoms with Gasteiger partial charge in [0, 0.05) is 91.4 Å². The normalized spacial score (nSPS) is 12.6. The minimum absolute atomic E-state index is 0.00438. The van der Waals surface area contributed by atoms with Crippen molar-refractivity contribution < 1.29 is 30.0 Å². The molecule has 0 spiro atoms. The van der Waals surface area contributed by atoms with Crippen LogP contribution < -0.4 is 10.6 Å². The van der Waals surface area contributed by atoms with Gasteiger partial charge in [-0.2, -0.15) is 0 Å². The first-order valence-corrected chi connectivity index (χ1v) is 39.2. The van der Waals surface area contributed by atoms with Crippen molar-refractivity contribution in [1.82, 2.24) is 30.2 Å². The lowest BCUT2D eigenvalue weighted by Crippen LogP contribution is -2.42. The maximum absolute atomic E-state index is 13.3. The molecule has 0 fully saturated rings. The molecule has 88 heavy (non-hydrogen) atoms. The number of carbonyl (C=O) groups excluding carboxylic acids is 2. The highest BCUT2D eigenvalue weighted by atomic mass is 16.3. The lowest BCUT2D eigenvalue weighted by Gasteiger charge is -2.27. The monoisotopic (exact) mass is 1250 g/mol. The molecule has 12 nitrogen and oxygen atoms in total. The SMILES string of the molecule is CCCCCCCCCCCCCCCCCCN(CCNC(=O)CCN(CCO)CCN(CCO)CCC(=O)NCCN(CCCCCCCCCCCCCCCCCC)CC(O)CCCCCCCCCC)CC(O)CCCCCCCCCC. The molecule has 0 aliphatic heterocycles. The van der Waals surface area contributed by atoms with E-state index in [0.717, 1.165) is 64.7 Å². The standard InChI is InChI=1S/C76H156N6O6/c1-5-9-13-17-21-25-27-29-31-33-35-37-39-43-47-51-59-81(71-73(85)53-49-45-41-23-19-15-11-7-3)63-57-77-75(87)55-61-79(67-69-83)65-66-80(68-70-84)62-56-76(88)78-58-64-82(72-74(86)54-50-46-42-24-20-16-12-8-4)60-52-48-44-40-38-36-34-32-30-28-26-22-18-14-10-6-2/h73-74,83-86H,5-72H2,1-4H3,(H,77,87)(H,78,88). The Morgan fingerprint density at radius 1 is 0.273 bits per heavy atom. The predicted molar refractivity (Wildman–Crippen MR) is 381 cm³/mol. The number of rotatable bonds is 75. The summed E-state index contributed by atoms with van der Waals surface area (Å²) in [6.45, 7) is 18.0. The van der Waals surface area contributed by atoms with Gasteiger partial charge >= 0.3 is 0 Å². The number of amides is 2. The van der Waals surface area contributed by atoms with Crippen LogP contribution in [0.1, 0.15) is 362 Å². The van der Waals surface area contributed by atoms with Crippen molar-refractivity contribution in [3.8, 4) is 0 Å². The molecule has 2 amide bonds. The number of nitrogens with one attached hydrogen (secondary N) is 2. The van der Waals surface area contributed by atoms with Gasteiger partial charge in [0.25, 0.3) is 0 Å². The van der Waals surface area contributed by atoms with Gasteiger partial charge < -0.3 is 31.1 Å². The largest absolute Gasteiger partial charge is 0.395 e. The smallest absolute Gasteiger partial charge is 0.221 e. The summed E-state index contributed by atoms with van der Waals surface area (Å²) >= 11 is 0. The van der Waals surface area contributed by atoms with Crippen LogP contribution in [0.3, 0.4) is 0 Å². The van der Waals surface area contributed by atoms with Crippen molar-refractivity contribution in [3.63, 3.8) is 0 Å². The number of aliphatic hydroxyl groups excluding tert-OH is 4. The minimum atomic E-state index is -0.345. The lowest BCUT2D eigenvalue weighted by molar-refractivity contribution is -0.122. The fraction of sp³-hybridized carbons (Fsp3) is 0.974. The number of hydrogen-bond acceptors (Lipinski definition) is 10. The Kier molecular flexibility index (Phi) is 70.3. The Bertz CT molecular complexity index is 1280. The molecular formula is C76H156N6O6. The van der Waals surface area contributed by atoms with E-state index >= 15 is 0 Å². The first kappa shape index (κ1) is 86.6. The molecule has 0 saturated heterocycles. The summed E-state index contributed by atoms with van der Waals surface area (Å²) in [6, 6.07) is 0. The Labute approximate surface area is 548 Å². The Morgan fingerprint density at radius 2 is 0.500 bits per heavy atom. The molecule has 0 aliphatic carbocycles. The Morgan fingerprint density at radius 3 is 0.739 bits per heavy atom. The molecule has 526 valence electrons. The number of nitrogens with zero attached hydrogens (tertiary/aromatic N) is 4. The third-order valence-corrected chi connectivity index (χ3v) is 18.8. The molecule has 0 rings (SSSR count). The van der Waals surface area contributed by atoms with Crippen LogP contribution in [0, 0.1) is 0 Å². The van der Waals surface area contributed by atoms with Crippen LogP contribution in [0.2, 0.25) is 0 Å². The summed E-state index contributed by atoms with van der Waals surface area (Å²) in [7, 11) is 0. The molecule has 6 N–H and O–H groups in total. The van der Waals surface area contributed by atoms with Crippen LogP contribution in [-0.4, -0.2) is 169 Å². The average Bonchev–Trinajstić information content (AvgIpc) is 3.52. The first-order valence-electron chi connectivity index (χ1n) is 39.2. The van der Waals surface area contributed by atoms with Gasteiger partial charge in [0.2, 0.25) is 11.8 Å². The van der Waals surface area contributed by atoms with Crippen molar-refractivity contribution in [3.05, 3.63) is 0 Å². The first-order chi connectivity index (χ1) is 43.2. The topological polar surface area (TPSA) is 152 Å². The van der Waals surface area contributed by atoms with E-state index in [1.807, 2.05) is 0 Å². The van der Waals surface area contributed by atoms with Crippen molar-refractivity contribution >= 4 is 11.8 Å². The Balaban J connectivity index is 4.97. The van der Waals surface area contributed by atoms with E-state index < -0.39 is 0 Å². The summed E-state index contributed by atoms with van der Waals surface area (Å²) < 4.78 is 0. The lowest BCUT2D eigenvalue weighted by atomic mass is 10.0. The zero-order chi connectivity index (χ0) is 64.1. The molecule has 12 heteroatoms. The summed E-state index contributed by atoms with van der Waals surface area (Å²) in [4.78, 5) is 35.5. The molecule has 2 unspecified atom stereocenters. The van der Waals surface area contributed by atoms with Gasteiger partial charge in [0.15, 0.2) is 0 Å². The highest BCUT2D eigenvalue weighted by Crippen LogP contribution is 2.18. The molecule has 0 saturated carbocycles. The van der Waals surface area contributed by atoms with E-state index in [1.54, 1.807) is 0 Å². The van der Waals surface area contributed by atoms with Crippen LogP contribution in [-0.2, 0) is 9.59 Å². The molecule has 0 heterocycles. The van der Waals surface area contributed by atoms with E-state index in [2.05, 4.69) is 57.9 Å². The van der Waals surface area contributed by atoms with Gasteiger partial charge in [0.1, 0.15) is 0 Å². The van der Waals surface area contributed by atoms with E-state index in [-0.39, 0.29) is 37.2 Å². The molecule has 0 aromatic heterocycles. The van der Waals surface area contributed by atoms with Crippen molar-refractivity contribution in [2.75, 3.05) is 105 Å².